The molecule has 0 aliphatic rings. The van der Waals surface area contributed by atoms with Crippen LogP contribution in [-0.4, -0.2) is 43.8 Å². The van der Waals surface area contributed by atoms with E-state index < -0.39 is 16.9 Å². The summed E-state index contributed by atoms with van der Waals surface area (Å²) >= 11 is 0. The Labute approximate surface area is 158 Å². The minimum Gasteiger partial charge on any atom is -0.504 e. The molecule has 2 aromatic carbocycles. The standard InChI is InChI=1S/C19H18O9/c1-24-11-5-8(6-12(25-2)14(11)21)17-19(27-4)16(23)13-10(28-17)7-9(20)18(26-3)15(13)22/h5-7,20-22H,1-4H3. The zero-order chi connectivity index (χ0) is 20.6. The molecule has 9 heteroatoms. The lowest BCUT2D eigenvalue weighted by Gasteiger charge is -2.14. The van der Waals surface area contributed by atoms with Crippen molar-refractivity contribution in [3.8, 4) is 51.6 Å². The Morgan fingerprint density at radius 1 is 0.786 bits per heavy atom. The average molecular weight is 390 g/mol. The van der Waals surface area contributed by atoms with Crippen LogP contribution in [-0.2, 0) is 0 Å². The monoisotopic (exact) mass is 390 g/mol. The van der Waals surface area contributed by atoms with Crippen LogP contribution in [0.2, 0.25) is 0 Å². The third kappa shape index (κ3) is 2.77. The second-order valence-corrected chi connectivity index (χ2v) is 5.67. The normalized spacial score (nSPS) is 10.7. The molecule has 1 aromatic heterocycles. The summed E-state index contributed by atoms with van der Waals surface area (Å²) in [5, 5.41) is 30.2. The highest BCUT2D eigenvalue weighted by molar-refractivity contribution is 5.91. The molecule has 0 amide bonds. The second kappa shape index (κ2) is 7.10. The maximum Gasteiger partial charge on any atom is 0.239 e. The summed E-state index contributed by atoms with van der Waals surface area (Å²) in [5.41, 5.74) is -0.472. The fraction of sp³-hybridized carbons (Fsp3) is 0.211. The molecule has 0 unspecified atom stereocenters. The van der Waals surface area contributed by atoms with Crippen molar-refractivity contribution in [1.29, 1.82) is 0 Å². The predicted molar refractivity (Wildman–Crippen MR) is 99.1 cm³/mol. The van der Waals surface area contributed by atoms with Crippen molar-refractivity contribution in [1.82, 2.24) is 0 Å². The molecule has 0 aliphatic carbocycles. The first-order chi connectivity index (χ1) is 13.4. The molecule has 0 bridgehead atoms. The van der Waals surface area contributed by atoms with Gasteiger partial charge in [0.15, 0.2) is 28.8 Å². The predicted octanol–water partition coefficient (Wildman–Crippen LogP) is 2.61. The van der Waals surface area contributed by atoms with Gasteiger partial charge in [-0.15, -0.1) is 0 Å². The molecule has 1 heterocycles. The lowest BCUT2D eigenvalue weighted by Crippen LogP contribution is -2.08. The number of hydrogen-bond donors (Lipinski definition) is 3. The SMILES string of the molecule is COc1cc(-c2oc3cc(O)c(OC)c(O)c3c(=O)c2OC)cc(OC)c1O. The third-order valence-electron chi connectivity index (χ3n) is 4.20. The topological polar surface area (TPSA) is 128 Å². The van der Waals surface area contributed by atoms with Gasteiger partial charge < -0.3 is 38.7 Å². The van der Waals surface area contributed by atoms with E-state index in [1.807, 2.05) is 0 Å². The van der Waals surface area contributed by atoms with Gasteiger partial charge in [-0.25, -0.2) is 0 Å². The Bertz CT molecular complexity index is 1090. The minimum absolute atomic E-state index is 0.0134. The molecule has 3 aromatic rings. The van der Waals surface area contributed by atoms with Crippen LogP contribution < -0.4 is 24.4 Å². The summed E-state index contributed by atoms with van der Waals surface area (Å²) in [4.78, 5) is 12.9. The highest BCUT2D eigenvalue weighted by Crippen LogP contribution is 2.45. The summed E-state index contributed by atoms with van der Waals surface area (Å²) in [6.07, 6.45) is 0. The van der Waals surface area contributed by atoms with Gasteiger partial charge in [0.2, 0.25) is 22.7 Å². The maximum absolute atomic E-state index is 12.9. The van der Waals surface area contributed by atoms with Crippen LogP contribution in [0.4, 0.5) is 0 Å². The van der Waals surface area contributed by atoms with Crippen molar-refractivity contribution < 1.29 is 38.7 Å². The van der Waals surface area contributed by atoms with Crippen molar-refractivity contribution >= 4 is 11.0 Å². The molecule has 148 valence electrons. The lowest BCUT2D eigenvalue weighted by molar-refractivity contribution is 0.339. The average Bonchev–Trinajstić information content (AvgIpc) is 2.67. The number of rotatable bonds is 5. The minimum atomic E-state index is -0.680. The number of ether oxygens (including phenoxy) is 4. The smallest absolute Gasteiger partial charge is 0.239 e. The molecular formula is C19H18O9. The van der Waals surface area contributed by atoms with E-state index in [9.17, 15) is 20.1 Å². The van der Waals surface area contributed by atoms with E-state index in [2.05, 4.69) is 0 Å². The van der Waals surface area contributed by atoms with Crippen LogP contribution in [0.25, 0.3) is 22.3 Å². The Hall–Kier alpha value is -3.75. The molecule has 0 spiro atoms. The zero-order valence-electron chi connectivity index (χ0n) is 15.5. The van der Waals surface area contributed by atoms with Gasteiger partial charge in [-0.05, 0) is 12.1 Å². The highest BCUT2D eigenvalue weighted by Gasteiger charge is 2.25. The second-order valence-electron chi connectivity index (χ2n) is 5.67. The van der Waals surface area contributed by atoms with Gasteiger partial charge >= 0.3 is 0 Å². The number of phenolic OH excluding ortho intramolecular Hbond substituents is 3. The molecule has 0 saturated carbocycles. The van der Waals surface area contributed by atoms with E-state index in [4.69, 9.17) is 23.4 Å². The molecule has 3 N–H and O–H groups in total. The Kier molecular flexibility index (Phi) is 4.83. The fourth-order valence-electron chi connectivity index (χ4n) is 2.89. The number of methoxy groups -OCH3 is 4. The van der Waals surface area contributed by atoms with E-state index >= 15 is 0 Å². The van der Waals surface area contributed by atoms with Gasteiger partial charge in [0.05, 0.1) is 28.4 Å². The van der Waals surface area contributed by atoms with Crippen molar-refractivity contribution in [3.63, 3.8) is 0 Å². The molecule has 0 aliphatic heterocycles. The van der Waals surface area contributed by atoms with Gasteiger partial charge in [0.1, 0.15) is 11.0 Å². The third-order valence-corrected chi connectivity index (χ3v) is 4.20. The Morgan fingerprint density at radius 3 is 1.86 bits per heavy atom. The van der Waals surface area contributed by atoms with Crippen molar-refractivity contribution in [2.45, 2.75) is 0 Å². The van der Waals surface area contributed by atoms with Gasteiger partial charge in [-0.3, -0.25) is 4.79 Å². The van der Waals surface area contributed by atoms with Crippen LogP contribution >= 0.6 is 0 Å². The largest absolute Gasteiger partial charge is 0.504 e. The summed E-state index contributed by atoms with van der Waals surface area (Å²) in [5.74, 6) is -1.52. The number of fused-ring (bicyclic) bond motifs is 1. The number of aromatic hydroxyl groups is 3. The van der Waals surface area contributed by atoms with Crippen molar-refractivity contribution in [2.24, 2.45) is 0 Å². The maximum atomic E-state index is 12.9. The summed E-state index contributed by atoms with van der Waals surface area (Å²) in [6.45, 7) is 0. The van der Waals surface area contributed by atoms with E-state index in [1.54, 1.807) is 0 Å². The van der Waals surface area contributed by atoms with Crippen LogP contribution in [0.5, 0.6) is 40.2 Å². The van der Waals surface area contributed by atoms with E-state index in [1.165, 1.54) is 40.6 Å². The van der Waals surface area contributed by atoms with Crippen LogP contribution in [0.15, 0.2) is 27.4 Å². The van der Waals surface area contributed by atoms with E-state index in [0.717, 1.165) is 6.07 Å². The van der Waals surface area contributed by atoms with Crippen molar-refractivity contribution in [3.05, 3.63) is 28.4 Å². The molecule has 0 radical (unpaired) electrons. The van der Waals surface area contributed by atoms with Crippen LogP contribution in [0.3, 0.4) is 0 Å². The zero-order valence-corrected chi connectivity index (χ0v) is 15.5. The molecule has 0 atom stereocenters. The van der Waals surface area contributed by atoms with Gasteiger partial charge in [-0.2, -0.15) is 0 Å². The highest BCUT2D eigenvalue weighted by atomic mass is 16.5. The number of benzene rings is 2. The van der Waals surface area contributed by atoms with Gasteiger partial charge in [-0.1, -0.05) is 0 Å². The molecule has 28 heavy (non-hydrogen) atoms. The summed E-state index contributed by atoms with van der Waals surface area (Å²) in [6, 6.07) is 3.99. The summed E-state index contributed by atoms with van der Waals surface area (Å²) in [7, 11) is 5.22. The van der Waals surface area contributed by atoms with Gasteiger partial charge in [0, 0.05) is 11.6 Å². The fourth-order valence-corrected chi connectivity index (χ4v) is 2.89. The quantitative estimate of drug-likeness (QED) is 0.602. The number of phenols is 3. The van der Waals surface area contributed by atoms with E-state index in [-0.39, 0.29) is 45.5 Å². The summed E-state index contributed by atoms with van der Waals surface area (Å²) < 4.78 is 26.1. The molecule has 3 rings (SSSR count). The van der Waals surface area contributed by atoms with Crippen LogP contribution in [0, 0.1) is 0 Å². The molecule has 0 saturated heterocycles. The Balaban J connectivity index is 2.42. The molecule has 9 nitrogen and oxygen atoms in total. The molecular weight excluding hydrogens is 372 g/mol. The first-order valence-corrected chi connectivity index (χ1v) is 7.96. The first kappa shape index (κ1) is 19.0. The number of hydrogen-bond acceptors (Lipinski definition) is 9. The van der Waals surface area contributed by atoms with Gasteiger partial charge in [0.25, 0.3) is 0 Å². The lowest BCUT2D eigenvalue weighted by atomic mass is 10.1. The first-order valence-electron chi connectivity index (χ1n) is 7.96. The van der Waals surface area contributed by atoms with Crippen LogP contribution in [0.1, 0.15) is 0 Å². The van der Waals surface area contributed by atoms with E-state index in [0.29, 0.717) is 5.56 Å². The molecule has 0 fully saturated rings. The Morgan fingerprint density at radius 2 is 1.36 bits per heavy atom. The van der Waals surface area contributed by atoms with Crippen molar-refractivity contribution in [2.75, 3.05) is 28.4 Å².